The molecule has 5 atom stereocenters. The number of nitrogens with zero attached hydrogens (tertiary/aromatic N) is 1. The van der Waals surface area contributed by atoms with Crippen LogP contribution in [0.3, 0.4) is 0 Å². The zero-order valence-corrected chi connectivity index (χ0v) is 16.9. The molecule has 1 amide bonds. The Morgan fingerprint density at radius 1 is 1.19 bits per heavy atom. The van der Waals surface area contributed by atoms with Crippen LogP contribution in [0.4, 0.5) is 0 Å². The van der Waals surface area contributed by atoms with Crippen LogP contribution >= 0.6 is 11.6 Å². The van der Waals surface area contributed by atoms with E-state index in [1.807, 2.05) is 30.3 Å². The first kappa shape index (κ1) is 18.8. The fourth-order valence-electron chi connectivity index (χ4n) is 5.97. The lowest BCUT2D eigenvalue weighted by Gasteiger charge is -2.58. The number of halogens is 1. The molecular weight excluding hydrogens is 362 g/mol. The number of rotatable bonds is 5. The number of esters is 1. The van der Waals surface area contributed by atoms with Gasteiger partial charge in [0.05, 0.1) is 5.41 Å². The molecule has 4 nitrogen and oxygen atoms in total. The van der Waals surface area contributed by atoms with Crippen molar-refractivity contribution in [3.05, 3.63) is 35.9 Å². The van der Waals surface area contributed by atoms with E-state index in [9.17, 15) is 9.59 Å². The van der Waals surface area contributed by atoms with Gasteiger partial charge in [0, 0.05) is 18.5 Å². The Balaban J connectivity index is 1.40. The Bertz CT molecular complexity index is 720. The average molecular weight is 390 g/mol. The molecule has 0 aromatic heterocycles. The summed E-state index contributed by atoms with van der Waals surface area (Å²) in [5.74, 6) is 0.680. The third-order valence-electron chi connectivity index (χ3n) is 6.69. The van der Waals surface area contributed by atoms with Crippen molar-refractivity contribution in [3.63, 3.8) is 0 Å². The number of hydrogen-bond donors (Lipinski definition) is 0. The van der Waals surface area contributed by atoms with Crippen LogP contribution in [0.5, 0.6) is 0 Å². The minimum absolute atomic E-state index is 0.169. The normalized spacial score (nSPS) is 34.9. The van der Waals surface area contributed by atoms with E-state index in [0.29, 0.717) is 24.8 Å². The number of carbonyl (C=O) groups excluding carboxylic acids is 2. The molecule has 1 aromatic rings. The predicted octanol–water partition coefficient (Wildman–Crippen LogP) is 4.15. The zero-order chi connectivity index (χ0) is 19.2. The lowest BCUT2D eigenvalue weighted by atomic mass is 9.49. The number of carbonyl (C=O) groups is 2. The Hall–Kier alpha value is -1.55. The summed E-state index contributed by atoms with van der Waals surface area (Å²) in [5, 5.41) is 0. The molecule has 4 aliphatic carbocycles. The number of likely N-dealkylation sites (N-methyl/N-ethyl adjacent to an activating group) is 1. The van der Waals surface area contributed by atoms with E-state index in [1.165, 1.54) is 6.42 Å². The van der Waals surface area contributed by atoms with Gasteiger partial charge in [-0.2, -0.15) is 0 Å². The van der Waals surface area contributed by atoms with Crippen LogP contribution in [-0.2, 0) is 20.9 Å². The molecule has 0 spiro atoms. The topological polar surface area (TPSA) is 46.6 Å². The molecule has 5 rings (SSSR count). The van der Waals surface area contributed by atoms with Gasteiger partial charge in [-0.25, -0.2) is 0 Å². The third-order valence-corrected chi connectivity index (χ3v) is 7.14. The second-order valence-corrected chi connectivity index (χ2v) is 9.92. The van der Waals surface area contributed by atoms with E-state index >= 15 is 0 Å². The van der Waals surface area contributed by atoms with Crippen molar-refractivity contribution in [2.45, 2.75) is 63.0 Å². The molecular formula is C22H28ClNO3. The fourth-order valence-corrected chi connectivity index (χ4v) is 6.66. The smallest absolute Gasteiger partial charge is 0.312 e. The van der Waals surface area contributed by atoms with Gasteiger partial charge in [-0.05, 0) is 62.8 Å². The average Bonchev–Trinajstić information content (AvgIpc) is 2.59. The second kappa shape index (κ2) is 6.80. The molecule has 0 radical (unpaired) electrons. The third kappa shape index (κ3) is 3.61. The summed E-state index contributed by atoms with van der Waals surface area (Å²) in [5.41, 5.74) is 0.579. The molecule has 4 saturated carbocycles. The molecule has 2 unspecified atom stereocenters. The Morgan fingerprint density at radius 2 is 1.81 bits per heavy atom. The van der Waals surface area contributed by atoms with E-state index in [2.05, 4.69) is 0 Å². The maximum absolute atomic E-state index is 13.1. The van der Waals surface area contributed by atoms with Gasteiger partial charge in [0.25, 0.3) is 5.91 Å². The van der Waals surface area contributed by atoms with E-state index in [0.717, 1.165) is 31.2 Å². The van der Waals surface area contributed by atoms with Gasteiger partial charge in [-0.3, -0.25) is 9.59 Å². The molecule has 1 aromatic carbocycles. The molecule has 0 aliphatic heterocycles. The molecule has 4 bridgehead atoms. The van der Waals surface area contributed by atoms with Crippen molar-refractivity contribution in [2.24, 2.45) is 17.3 Å². The second-order valence-electron chi connectivity index (χ2n) is 9.12. The number of benzene rings is 1. The summed E-state index contributed by atoms with van der Waals surface area (Å²) in [7, 11) is 1.75. The summed E-state index contributed by atoms with van der Waals surface area (Å²) in [6.07, 6.45) is 4.91. The van der Waals surface area contributed by atoms with Crippen molar-refractivity contribution in [3.8, 4) is 0 Å². The Kier molecular flexibility index (Phi) is 4.74. The van der Waals surface area contributed by atoms with Crippen LogP contribution < -0.4 is 0 Å². The van der Waals surface area contributed by atoms with Crippen molar-refractivity contribution in [2.75, 3.05) is 7.05 Å². The summed E-state index contributed by atoms with van der Waals surface area (Å²) >= 11 is 6.82. The van der Waals surface area contributed by atoms with Crippen LogP contribution in [0.2, 0.25) is 0 Å². The lowest BCUT2D eigenvalue weighted by Crippen LogP contribution is -2.57. The van der Waals surface area contributed by atoms with Crippen LogP contribution in [-0.4, -0.2) is 34.8 Å². The van der Waals surface area contributed by atoms with E-state index in [4.69, 9.17) is 16.3 Å². The fraction of sp³-hybridized carbons (Fsp3) is 0.636. The highest BCUT2D eigenvalue weighted by atomic mass is 35.5. The van der Waals surface area contributed by atoms with Crippen molar-refractivity contribution in [1.29, 1.82) is 0 Å². The number of hydrogen-bond acceptors (Lipinski definition) is 3. The molecule has 5 heteroatoms. The van der Waals surface area contributed by atoms with Crippen molar-refractivity contribution >= 4 is 23.5 Å². The summed E-state index contributed by atoms with van der Waals surface area (Å²) in [4.78, 5) is 27.2. The van der Waals surface area contributed by atoms with E-state index in [1.54, 1.807) is 18.9 Å². The highest BCUT2D eigenvalue weighted by molar-refractivity contribution is 6.24. The molecule has 0 N–H and O–H groups in total. The molecule has 0 heterocycles. The molecule has 0 saturated heterocycles. The van der Waals surface area contributed by atoms with Gasteiger partial charge in [0.15, 0.2) is 6.10 Å². The first-order chi connectivity index (χ1) is 12.8. The molecule has 27 heavy (non-hydrogen) atoms. The van der Waals surface area contributed by atoms with Crippen molar-refractivity contribution in [1.82, 2.24) is 4.90 Å². The quantitative estimate of drug-likeness (QED) is 0.561. The molecule has 146 valence electrons. The number of alkyl halides is 1. The zero-order valence-electron chi connectivity index (χ0n) is 16.1. The van der Waals surface area contributed by atoms with Crippen LogP contribution in [0.15, 0.2) is 30.3 Å². The van der Waals surface area contributed by atoms with Gasteiger partial charge < -0.3 is 9.64 Å². The van der Waals surface area contributed by atoms with Crippen molar-refractivity contribution < 1.29 is 14.3 Å². The van der Waals surface area contributed by atoms with Gasteiger partial charge in [0.1, 0.15) is 0 Å². The van der Waals surface area contributed by atoms with Gasteiger partial charge in [-0.1, -0.05) is 30.3 Å². The summed E-state index contributed by atoms with van der Waals surface area (Å²) in [6.45, 7) is 2.18. The van der Waals surface area contributed by atoms with E-state index < -0.39 is 11.5 Å². The first-order valence-electron chi connectivity index (χ1n) is 9.98. The Morgan fingerprint density at radius 3 is 2.41 bits per heavy atom. The van der Waals surface area contributed by atoms with Gasteiger partial charge >= 0.3 is 5.97 Å². The minimum Gasteiger partial charge on any atom is -0.452 e. The SMILES string of the molecule is C[C@H](OC(=O)C12C[C@@H]3C[C@@H](CC(Cl)(C3)C1)C2)C(=O)N(C)Cc1ccccc1. The predicted molar refractivity (Wildman–Crippen MR) is 104 cm³/mol. The van der Waals surface area contributed by atoms with E-state index in [-0.39, 0.29) is 16.8 Å². The minimum atomic E-state index is -0.773. The van der Waals surface area contributed by atoms with Gasteiger partial charge in [-0.15, -0.1) is 11.6 Å². The monoisotopic (exact) mass is 389 g/mol. The summed E-state index contributed by atoms with van der Waals surface area (Å²) in [6, 6.07) is 9.81. The van der Waals surface area contributed by atoms with Crippen LogP contribution in [0, 0.1) is 17.3 Å². The maximum atomic E-state index is 13.1. The number of amides is 1. The lowest BCUT2D eigenvalue weighted by molar-refractivity contribution is -0.179. The Labute approximate surface area is 166 Å². The van der Waals surface area contributed by atoms with Crippen LogP contribution in [0.1, 0.15) is 51.0 Å². The standard InChI is InChI=1S/C22H28ClNO3/c1-15(19(25)24(2)13-16-6-4-3-5-7-16)27-20(26)21-9-17-8-18(10-21)12-22(23,11-17)14-21/h3-7,15,17-18H,8-14H2,1-2H3/t15-,17-,18+,21?,22?/m0/s1. The molecule has 4 aliphatic rings. The van der Waals surface area contributed by atoms with Crippen LogP contribution in [0.25, 0.3) is 0 Å². The maximum Gasteiger partial charge on any atom is 0.312 e. The largest absolute Gasteiger partial charge is 0.452 e. The molecule has 4 fully saturated rings. The highest BCUT2D eigenvalue weighted by Gasteiger charge is 2.61. The summed E-state index contributed by atoms with van der Waals surface area (Å²) < 4.78 is 5.71. The van der Waals surface area contributed by atoms with Gasteiger partial charge in [0.2, 0.25) is 0 Å². The highest BCUT2D eigenvalue weighted by Crippen LogP contribution is 2.64. The number of ether oxygens (including phenoxy) is 1. The first-order valence-corrected chi connectivity index (χ1v) is 10.4.